The van der Waals surface area contributed by atoms with E-state index >= 15 is 0 Å². The van der Waals surface area contributed by atoms with Crippen LogP contribution in [-0.4, -0.2) is 44.6 Å². The Morgan fingerprint density at radius 2 is 2.17 bits per heavy atom. The number of hydrogen-bond donors (Lipinski definition) is 1. The fourth-order valence-corrected chi connectivity index (χ4v) is 2.29. The minimum atomic E-state index is -4.34. The van der Waals surface area contributed by atoms with Gasteiger partial charge in [-0.05, 0) is 26.3 Å². The maximum atomic E-state index is 12.1. The van der Waals surface area contributed by atoms with E-state index in [2.05, 4.69) is 5.32 Å². The number of carbonyl (C=O) groups is 1. The molecule has 18 heavy (non-hydrogen) atoms. The van der Waals surface area contributed by atoms with Gasteiger partial charge in [-0.1, -0.05) is 0 Å². The summed E-state index contributed by atoms with van der Waals surface area (Å²) in [6.45, 7) is -1.28. The number of ether oxygens (including phenoxy) is 2. The molecule has 1 aliphatic carbocycles. The molecule has 7 heteroatoms. The number of alkyl halides is 3. The van der Waals surface area contributed by atoms with Gasteiger partial charge in [0.15, 0.2) is 0 Å². The van der Waals surface area contributed by atoms with Gasteiger partial charge < -0.3 is 14.8 Å². The molecular weight excluding hydrogens is 251 g/mol. The van der Waals surface area contributed by atoms with Crippen molar-refractivity contribution in [3.8, 4) is 0 Å². The molecule has 0 saturated heterocycles. The Morgan fingerprint density at radius 3 is 2.67 bits per heavy atom. The van der Waals surface area contributed by atoms with Gasteiger partial charge in [0.2, 0.25) is 0 Å². The van der Waals surface area contributed by atoms with Crippen molar-refractivity contribution in [1.82, 2.24) is 5.32 Å². The van der Waals surface area contributed by atoms with E-state index in [9.17, 15) is 18.0 Å². The van der Waals surface area contributed by atoms with Crippen LogP contribution in [0.15, 0.2) is 0 Å². The van der Waals surface area contributed by atoms with Gasteiger partial charge in [-0.25, -0.2) is 0 Å². The van der Waals surface area contributed by atoms with E-state index in [0.717, 1.165) is 0 Å². The lowest BCUT2D eigenvalue weighted by atomic mass is 9.80. The van der Waals surface area contributed by atoms with E-state index in [1.807, 2.05) is 0 Å². The molecule has 0 radical (unpaired) electrons. The molecule has 1 N–H and O–H groups in total. The van der Waals surface area contributed by atoms with Crippen LogP contribution in [0.3, 0.4) is 0 Å². The normalized spacial score (nSPS) is 29.1. The SMILES string of the molecule is CNC1(C(=O)OC)CCCC(OCC(F)(F)F)C1. The quantitative estimate of drug-likeness (QED) is 0.788. The zero-order chi connectivity index (χ0) is 13.8. The van der Waals surface area contributed by atoms with Crippen molar-refractivity contribution in [1.29, 1.82) is 0 Å². The molecule has 1 saturated carbocycles. The molecule has 2 unspecified atom stereocenters. The second-order valence-electron chi connectivity index (χ2n) is 4.47. The van der Waals surface area contributed by atoms with Crippen LogP contribution in [0.2, 0.25) is 0 Å². The molecule has 1 fully saturated rings. The van der Waals surface area contributed by atoms with Crippen molar-refractivity contribution in [2.24, 2.45) is 0 Å². The summed E-state index contributed by atoms with van der Waals surface area (Å²) in [6, 6.07) is 0. The Labute approximate surface area is 104 Å². The molecule has 0 aromatic carbocycles. The highest BCUT2D eigenvalue weighted by Gasteiger charge is 2.43. The van der Waals surface area contributed by atoms with Crippen LogP contribution < -0.4 is 5.32 Å². The summed E-state index contributed by atoms with van der Waals surface area (Å²) in [4.78, 5) is 11.7. The van der Waals surface area contributed by atoms with Crippen molar-refractivity contribution in [3.05, 3.63) is 0 Å². The first-order chi connectivity index (χ1) is 8.33. The molecule has 1 aliphatic rings. The molecule has 0 aromatic heterocycles. The van der Waals surface area contributed by atoms with Crippen molar-refractivity contribution < 1.29 is 27.4 Å². The Hall–Kier alpha value is -0.820. The molecular formula is C11H18F3NO3. The standard InChI is InChI=1S/C11H18F3NO3/c1-15-10(9(16)17-2)5-3-4-8(6-10)18-7-11(12,13)14/h8,15H,3-7H2,1-2H3. The summed E-state index contributed by atoms with van der Waals surface area (Å²) in [7, 11) is 2.87. The monoisotopic (exact) mass is 269 g/mol. The first-order valence-corrected chi connectivity index (χ1v) is 5.78. The van der Waals surface area contributed by atoms with Crippen LogP contribution >= 0.6 is 0 Å². The van der Waals surface area contributed by atoms with Gasteiger partial charge in [-0.2, -0.15) is 13.2 Å². The van der Waals surface area contributed by atoms with E-state index in [-0.39, 0.29) is 6.42 Å². The highest BCUT2D eigenvalue weighted by atomic mass is 19.4. The lowest BCUT2D eigenvalue weighted by Crippen LogP contribution is -2.55. The van der Waals surface area contributed by atoms with Crippen LogP contribution in [0.5, 0.6) is 0 Å². The van der Waals surface area contributed by atoms with E-state index in [0.29, 0.717) is 19.3 Å². The Bertz CT molecular complexity index is 296. The van der Waals surface area contributed by atoms with Crippen molar-refractivity contribution in [2.45, 2.75) is 43.5 Å². The second kappa shape index (κ2) is 5.88. The number of rotatable bonds is 4. The largest absolute Gasteiger partial charge is 0.468 e. The second-order valence-corrected chi connectivity index (χ2v) is 4.47. The number of methoxy groups -OCH3 is 1. The van der Waals surface area contributed by atoms with Crippen LogP contribution in [0, 0.1) is 0 Å². The minimum Gasteiger partial charge on any atom is -0.468 e. The lowest BCUT2D eigenvalue weighted by molar-refractivity contribution is -0.191. The van der Waals surface area contributed by atoms with Crippen molar-refractivity contribution in [3.63, 3.8) is 0 Å². The maximum absolute atomic E-state index is 12.1. The number of halogens is 3. The molecule has 1 rings (SSSR count). The van der Waals surface area contributed by atoms with Gasteiger partial charge in [0, 0.05) is 6.42 Å². The smallest absolute Gasteiger partial charge is 0.411 e. The Kier molecular flexibility index (Phi) is 4.98. The third kappa shape index (κ3) is 3.84. The first-order valence-electron chi connectivity index (χ1n) is 5.78. The average Bonchev–Trinajstić information content (AvgIpc) is 2.34. The first kappa shape index (κ1) is 15.2. The van der Waals surface area contributed by atoms with Gasteiger partial charge in [-0.3, -0.25) is 4.79 Å². The topological polar surface area (TPSA) is 47.6 Å². The average molecular weight is 269 g/mol. The number of carbonyl (C=O) groups excluding carboxylic acids is 1. The van der Waals surface area contributed by atoms with E-state index in [1.54, 1.807) is 7.05 Å². The summed E-state index contributed by atoms with van der Waals surface area (Å²) in [6.07, 6.45) is -3.03. The van der Waals surface area contributed by atoms with Crippen LogP contribution in [0.1, 0.15) is 25.7 Å². The predicted molar refractivity (Wildman–Crippen MR) is 58.1 cm³/mol. The summed E-state index contributed by atoms with van der Waals surface area (Å²) in [5, 5.41) is 2.86. The van der Waals surface area contributed by atoms with Crippen molar-refractivity contribution in [2.75, 3.05) is 20.8 Å². The van der Waals surface area contributed by atoms with Crippen molar-refractivity contribution >= 4 is 5.97 Å². The molecule has 2 atom stereocenters. The van der Waals surface area contributed by atoms with Gasteiger partial charge in [-0.15, -0.1) is 0 Å². The zero-order valence-corrected chi connectivity index (χ0v) is 10.5. The van der Waals surface area contributed by atoms with Crippen LogP contribution in [0.4, 0.5) is 13.2 Å². The zero-order valence-electron chi connectivity index (χ0n) is 10.5. The molecule has 0 bridgehead atoms. The molecule has 0 heterocycles. The van der Waals surface area contributed by atoms with E-state index in [4.69, 9.17) is 9.47 Å². The molecule has 0 spiro atoms. The number of nitrogens with one attached hydrogen (secondary N) is 1. The summed E-state index contributed by atoms with van der Waals surface area (Å²) < 4.78 is 45.8. The van der Waals surface area contributed by atoms with Crippen LogP contribution in [0.25, 0.3) is 0 Å². The summed E-state index contributed by atoms with van der Waals surface area (Å²) >= 11 is 0. The number of likely N-dealkylation sites (N-methyl/N-ethyl adjacent to an activating group) is 1. The minimum absolute atomic E-state index is 0.201. The molecule has 0 aromatic rings. The molecule has 4 nitrogen and oxygen atoms in total. The van der Waals surface area contributed by atoms with E-state index < -0.39 is 30.4 Å². The fraction of sp³-hybridized carbons (Fsp3) is 0.909. The van der Waals surface area contributed by atoms with Gasteiger partial charge in [0.05, 0.1) is 13.2 Å². The third-order valence-corrected chi connectivity index (χ3v) is 3.24. The highest BCUT2D eigenvalue weighted by molar-refractivity contribution is 5.80. The molecule has 0 amide bonds. The van der Waals surface area contributed by atoms with Gasteiger partial charge in [0.1, 0.15) is 12.1 Å². The van der Waals surface area contributed by atoms with Gasteiger partial charge >= 0.3 is 12.1 Å². The Morgan fingerprint density at radius 1 is 1.50 bits per heavy atom. The molecule has 0 aliphatic heterocycles. The van der Waals surface area contributed by atoms with Gasteiger partial charge in [0.25, 0.3) is 0 Å². The van der Waals surface area contributed by atoms with Crippen LogP contribution in [-0.2, 0) is 14.3 Å². The number of esters is 1. The highest BCUT2D eigenvalue weighted by Crippen LogP contribution is 2.32. The number of hydrogen-bond acceptors (Lipinski definition) is 4. The Balaban J connectivity index is 2.61. The fourth-order valence-electron chi connectivity index (χ4n) is 2.29. The summed E-state index contributed by atoms with van der Waals surface area (Å²) in [5.41, 5.74) is -0.927. The third-order valence-electron chi connectivity index (χ3n) is 3.24. The summed E-state index contributed by atoms with van der Waals surface area (Å²) in [5.74, 6) is -0.453. The maximum Gasteiger partial charge on any atom is 0.411 e. The van der Waals surface area contributed by atoms with E-state index in [1.165, 1.54) is 7.11 Å². The lowest BCUT2D eigenvalue weighted by Gasteiger charge is -2.38. The molecule has 106 valence electrons. The predicted octanol–water partition coefficient (Wildman–Crippen LogP) is 1.64.